The molecule has 1 fully saturated rings. The van der Waals surface area contributed by atoms with Crippen molar-refractivity contribution in [1.29, 1.82) is 0 Å². The number of hydrogen-bond acceptors (Lipinski definition) is 4. The van der Waals surface area contributed by atoms with Gasteiger partial charge in [-0.05, 0) is 31.1 Å². The summed E-state index contributed by atoms with van der Waals surface area (Å²) in [4.78, 5) is 12.4. The predicted octanol–water partition coefficient (Wildman–Crippen LogP) is 1.49. The molecule has 2 N–H and O–H groups in total. The number of carbonyl (C=O) groups is 1. The highest BCUT2D eigenvalue weighted by molar-refractivity contribution is 5.95. The maximum absolute atomic E-state index is 12.4. The highest BCUT2D eigenvalue weighted by Gasteiger charge is 2.30. The quantitative estimate of drug-likeness (QED) is 0.822. The van der Waals surface area contributed by atoms with E-state index in [1.807, 2.05) is 0 Å². The molecular weight excluding hydrogens is 228 g/mol. The van der Waals surface area contributed by atoms with Crippen molar-refractivity contribution in [3.8, 4) is 0 Å². The predicted molar refractivity (Wildman–Crippen MR) is 69.1 cm³/mol. The second-order valence-electron chi connectivity index (χ2n) is 5.63. The third kappa shape index (κ3) is 2.96. The molecule has 0 bridgehead atoms. The summed E-state index contributed by atoms with van der Waals surface area (Å²) in [6, 6.07) is 0. The first kappa shape index (κ1) is 13.2. The molecule has 1 aliphatic carbocycles. The van der Waals surface area contributed by atoms with E-state index >= 15 is 0 Å². The fraction of sp³-hybridized carbons (Fsp3) is 0.769. The normalized spacial score (nSPS) is 28.3. The SMILES string of the molecule is CC1CC(C)CC(C(=O)c2cn(CCN)nn2)C1. The Morgan fingerprint density at radius 3 is 2.67 bits per heavy atom. The van der Waals surface area contributed by atoms with Crippen LogP contribution in [0.2, 0.25) is 0 Å². The fourth-order valence-electron chi connectivity index (χ4n) is 3.02. The minimum atomic E-state index is 0.117. The summed E-state index contributed by atoms with van der Waals surface area (Å²) >= 11 is 0. The van der Waals surface area contributed by atoms with E-state index in [0.717, 1.165) is 12.8 Å². The van der Waals surface area contributed by atoms with Gasteiger partial charge in [-0.2, -0.15) is 0 Å². The molecule has 0 saturated heterocycles. The molecule has 2 atom stereocenters. The average molecular weight is 250 g/mol. The molecule has 2 unspecified atom stereocenters. The van der Waals surface area contributed by atoms with Crippen molar-refractivity contribution < 1.29 is 4.79 Å². The summed E-state index contributed by atoms with van der Waals surface area (Å²) in [7, 11) is 0. The standard InChI is InChI=1S/C13H22N4O/c1-9-5-10(2)7-11(6-9)13(18)12-8-17(4-3-14)16-15-12/h8-11H,3-7,14H2,1-2H3. The van der Waals surface area contributed by atoms with Gasteiger partial charge in [0, 0.05) is 12.5 Å². The lowest BCUT2D eigenvalue weighted by molar-refractivity contribution is 0.0830. The minimum absolute atomic E-state index is 0.117. The summed E-state index contributed by atoms with van der Waals surface area (Å²) < 4.78 is 1.64. The van der Waals surface area contributed by atoms with Crippen LogP contribution in [0.15, 0.2) is 6.20 Å². The Labute approximate surface area is 108 Å². The zero-order valence-electron chi connectivity index (χ0n) is 11.2. The number of nitrogens with two attached hydrogens (primary N) is 1. The molecule has 100 valence electrons. The van der Waals surface area contributed by atoms with Gasteiger partial charge in [-0.25, -0.2) is 0 Å². The number of ketones is 1. The van der Waals surface area contributed by atoms with Crippen LogP contribution in [-0.2, 0) is 6.54 Å². The Morgan fingerprint density at radius 2 is 2.06 bits per heavy atom. The largest absolute Gasteiger partial charge is 0.329 e. The average Bonchev–Trinajstić information content (AvgIpc) is 2.76. The molecule has 1 saturated carbocycles. The van der Waals surface area contributed by atoms with Gasteiger partial charge >= 0.3 is 0 Å². The number of carbonyl (C=O) groups excluding carboxylic acids is 1. The lowest BCUT2D eigenvalue weighted by atomic mass is 9.74. The van der Waals surface area contributed by atoms with Crippen LogP contribution < -0.4 is 5.73 Å². The molecule has 0 aromatic carbocycles. The highest BCUT2D eigenvalue weighted by Crippen LogP contribution is 2.34. The van der Waals surface area contributed by atoms with Crippen molar-refractivity contribution in [2.24, 2.45) is 23.5 Å². The molecule has 0 amide bonds. The van der Waals surface area contributed by atoms with E-state index in [4.69, 9.17) is 5.73 Å². The molecule has 5 heteroatoms. The van der Waals surface area contributed by atoms with E-state index < -0.39 is 0 Å². The zero-order valence-corrected chi connectivity index (χ0v) is 11.2. The molecule has 1 aromatic rings. The molecule has 1 heterocycles. The Balaban J connectivity index is 2.05. The maximum atomic E-state index is 12.4. The minimum Gasteiger partial charge on any atom is -0.329 e. The van der Waals surface area contributed by atoms with Crippen molar-refractivity contribution in [3.63, 3.8) is 0 Å². The van der Waals surface area contributed by atoms with Gasteiger partial charge in [0.15, 0.2) is 5.78 Å². The van der Waals surface area contributed by atoms with E-state index in [2.05, 4.69) is 24.2 Å². The molecule has 5 nitrogen and oxygen atoms in total. The van der Waals surface area contributed by atoms with Crippen LogP contribution in [-0.4, -0.2) is 27.3 Å². The van der Waals surface area contributed by atoms with Crippen molar-refractivity contribution in [1.82, 2.24) is 15.0 Å². The molecule has 1 aliphatic rings. The summed E-state index contributed by atoms with van der Waals surface area (Å²) in [5.74, 6) is 1.52. The van der Waals surface area contributed by atoms with Crippen LogP contribution in [0.3, 0.4) is 0 Å². The number of Topliss-reactive ketones (excluding diaryl/α,β-unsaturated/α-hetero) is 1. The van der Waals surface area contributed by atoms with Gasteiger partial charge in [-0.1, -0.05) is 19.1 Å². The van der Waals surface area contributed by atoms with Crippen molar-refractivity contribution in [2.75, 3.05) is 6.54 Å². The third-order valence-corrected chi connectivity index (χ3v) is 3.70. The van der Waals surface area contributed by atoms with E-state index in [1.165, 1.54) is 6.42 Å². The van der Waals surface area contributed by atoms with E-state index in [0.29, 0.717) is 30.6 Å². The van der Waals surface area contributed by atoms with E-state index in [-0.39, 0.29) is 11.7 Å². The Morgan fingerprint density at radius 1 is 1.39 bits per heavy atom. The number of nitrogens with zero attached hydrogens (tertiary/aromatic N) is 3. The lowest BCUT2D eigenvalue weighted by Gasteiger charge is -2.29. The maximum Gasteiger partial charge on any atom is 0.187 e. The molecule has 0 spiro atoms. The molecule has 2 rings (SSSR count). The lowest BCUT2D eigenvalue weighted by Crippen LogP contribution is -2.26. The third-order valence-electron chi connectivity index (χ3n) is 3.70. The van der Waals surface area contributed by atoms with Crippen LogP contribution in [0.1, 0.15) is 43.6 Å². The van der Waals surface area contributed by atoms with Gasteiger partial charge in [0.05, 0.1) is 12.7 Å². The van der Waals surface area contributed by atoms with Crippen LogP contribution in [0.25, 0.3) is 0 Å². The first-order valence-electron chi connectivity index (χ1n) is 6.74. The second-order valence-corrected chi connectivity index (χ2v) is 5.63. The second kappa shape index (κ2) is 5.61. The molecule has 0 radical (unpaired) electrons. The fourth-order valence-corrected chi connectivity index (χ4v) is 3.02. The van der Waals surface area contributed by atoms with Gasteiger partial charge in [-0.15, -0.1) is 5.10 Å². The van der Waals surface area contributed by atoms with Gasteiger partial charge in [-0.3, -0.25) is 9.48 Å². The first-order valence-corrected chi connectivity index (χ1v) is 6.74. The molecular formula is C13H22N4O. The zero-order chi connectivity index (χ0) is 13.1. The van der Waals surface area contributed by atoms with Gasteiger partial charge < -0.3 is 5.73 Å². The number of rotatable bonds is 4. The van der Waals surface area contributed by atoms with E-state index in [1.54, 1.807) is 10.9 Å². The topological polar surface area (TPSA) is 73.8 Å². The van der Waals surface area contributed by atoms with Crippen molar-refractivity contribution in [3.05, 3.63) is 11.9 Å². The van der Waals surface area contributed by atoms with Gasteiger partial charge in [0.2, 0.25) is 0 Å². The molecule has 0 aliphatic heterocycles. The van der Waals surface area contributed by atoms with Gasteiger partial charge in [0.1, 0.15) is 5.69 Å². The van der Waals surface area contributed by atoms with Crippen LogP contribution in [0, 0.1) is 17.8 Å². The summed E-state index contributed by atoms with van der Waals surface area (Å²) in [5.41, 5.74) is 5.95. The highest BCUT2D eigenvalue weighted by atomic mass is 16.1. The van der Waals surface area contributed by atoms with Crippen molar-refractivity contribution >= 4 is 5.78 Å². The molecule has 18 heavy (non-hydrogen) atoms. The van der Waals surface area contributed by atoms with Crippen LogP contribution in [0.4, 0.5) is 0 Å². The summed E-state index contributed by atoms with van der Waals surface area (Å²) in [6.07, 6.45) is 4.91. The first-order chi connectivity index (χ1) is 8.60. The Bertz CT molecular complexity index is 405. The van der Waals surface area contributed by atoms with Gasteiger partial charge in [0.25, 0.3) is 0 Å². The summed E-state index contributed by atoms with van der Waals surface area (Å²) in [6.45, 7) is 5.56. The van der Waals surface area contributed by atoms with Crippen LogP contribution >= 0.6 is 0 Å². The van der Waals surface area contributed by atoms with E-state index in [9.17, 15) is 4.79 Å². The summed E-state index contributed by atoms with van der Waals surface area (Å²) in [5, 5.41) is 7.89. The smallest absolute Gasteiger partial charge is 0.187 e. The number of aromatic nitrogens is 3. The molecule has 1 aromatic heterocycles. The Kier molecular flexibility index (Phi) is 4.11. The monoisotopic (exact) mass is 250 g/mol. The van der Waals surface area contributed by atoms with Crippen molar-refractivity contribution in [2.45, 2.75) is 39.7 Å². The number of hydrogen-bond donors (Lipinski definition) is 1. The van der Waals surface area contributed by atoms with Crippen LogP contribution in [0.5, 0.6) is 0 Å². The Hall–Kier alpha value is -1.23.